The van der Waals surface area contributed by atoms with Gasteiger partial charge in [0, 0.05) is 17.5 Å². The summed E-state index contributed by atoms with van der Waals surface area (Å²) in [5, 5.41) is 0.153. The number of halogens is 1. The average Bonchev–Trinajstić information content (AvgIpc) is 3.22. The van der Waals surface area contributed by atoms with Gasteiger partial charge in [0.1, 0.15) is 4.90 Å². The van der Waals surface area contributed by atoms with Crippen molar-refractivity contribution in [3.63, 3.8) is 0 Å². The first-order valence-electron chi connectivity index (χ1n) is 6.33. The van der Waals surface area contributed by atoms with Gasteiger partial charge in [-0.2, -0.15) is 0 Å². The molecule has 2 aliphatic rings. The van der Waals surface area contributed by atoms with Crippen molar-refractivity contribution in [2.45, 2.75) is 36.6 Å². The number of rotatable bonds is 5. The molecule has 1 aromatic rings. The molecular formula is C13H14ClNO3S. The van der Waals surface area contributed by atoms with Crippen LogP contribution in [0.1, 0.15) is 36.0 Å². The largest absolute Gasteiger partial charge is 0.294 e. The highest BCUT2D eigenvalue weighted by atomic mass is 35.5. The molecule has 2 saturated carbocycles. The lowest BCUT2D eigenvalue weighted by atomic mass is 10.1. The first kappa shape index (κ1) is 13.1. The lowest BCUT2D eigenvalue weighted by Crippen LogP contribution is -2.26. The van der Waals surface area contributed by atoms with E-state index < -0.39 is 10.0 Å². The summed E-state index contributed by atoms with van der Waals surface area (Å²) in [6.45, 7) is 0. The van der Waals surface area contributed by atoms with Crippen LogP contribution in [0.3, 0.4) is 0 Å². The van der Waals surface area contributed by atoms with Crippen LogP contribution in [-0.4, -0.2) is 20.2 Å². The zero-order chi connectivity index (χ0) is 13.6. The lowest BCUT2D eigenvalue weighted by molar-refractivity contribution is 0.0967. The molecule has 1 aromatic carbocycles. The first-order chi connectivity index (χ1) is 8.97. The molecule has 1 N–H and O–H groups in total. The van der Waals surface area contributed by atoms with Crippen LogP contribution in [0.15, 0.2) is 23.1 Å². The zero-order valence-electron chi connectivity index (χ0n) is 10.2. The van der Waals surface area contributed by atoms with E-state index in [2.05, 4.69) is 4.72 Å². The summed E-state index contributed by atoms with van der Waals surface area (Å²) in [5.41, 5.74) is 0.433. The highest BCUT2D eigenvalue weighted by Gasteiger charge is 2.33. The van der Waals surface area contributed by atoms with Gasteiger partial charge in [-0.05, 0) is 43.9 Å². The Hall–Kier alpha value is -0.910. The molecule has 0 spiro atoms. The number of Topliss-reactive ketones (excluding diaryl/α,β-unsaturated/α-hetero) is 1. The van der Waals surface area contributed by atoms with Gasteiger partial charge in [-0.15, -0.1) is 0 Å². The summed E-state index contributed by atoms with van der Waals surface area (Å²) in [6, 6.07) is 4.50. The van der Waals surface area contributed by atoms with Crippen LogP contribution < -0.4 is 4.72 Å². The number of benzene rings is 1. The molecule has 0 saturated heterocycles. The maximum absolute atomic E-state index is 12.2. The molecule has 3 rings (SSSR count). The van der Waals surface area contributed by atoms with Crippen LogP contribution in [0.5, 0.6) is 0 Å². The SMILES string of the molecule is O=C(c1ccc(Cl)c(S(=O)(=O)NC2CC2)c1)C1CC1. The molecule has 0 bridgehead atoms. The third-order valence-electron chi connectivity index (χ3n) is 3.35. The van der Waals surface area contributed by atoms with Crippen LogP contribution in [0, 0.1) is 5.92 Å². The molecule has 6 heteroatoms. The van der Waals surface area contributed by atoms with E-state index >= 15 is 0 Å². The van der Waals surface area contributed by atoms with Gasteiger partial charge in [-0.3, -0.25) is 4.79 Å². The van der Waals surface area contributed by atoms with E-state index in [1.54, 1.807) is 6.07 Å². The second-order valence-corrected chi connectivity index (χ2v) is 7.27. The summed E-state index contributed by atoms with van der Waals surface area (Å²) in [6.07, 6.45) is 3.50. The summed E-state index contributed by atoms with van der Waals surface area (Å²) < 4.78 is 26.9. The molecule has 2 aliphatic carbocycles. The molecule has 0 radical (unpaired) electrons. The maximum atomic E-state index is 12.2. The quantitative estimate of drug-likeness (QED) is 0.849. The van der Waals surface area contributed by atoms with Crippen molar-refractivity contribution in [2.75, 3.05) is 0 Å². The fraction of sp³-hybridized carbons (Fsp3) is 0.462. The van der Waals surface area contributed by atoms with E-state index in [9.17, 15) is 13.2 Å². The van der Waals surface area contributed by atoms with Crippen molar-refractivity contribution in [3.05, 3.63) is 28.8 Å². The molecule has 0 aliphatic heterocycles. The smallest absolute Gasteiger partial charge is 0.242 e. The van der Waals surface area contributed by atoms with Gasteiger partial charge in [0.2, 0.25) is 10.0 Å². The van der Waals surface area contributed by atoms with Gasteiger partial charge < -0.3 is 0 Å². The van der Waals surface area contributed by atoms with Gasteiger partial charge in [-0.1, -0.05) is 11.6 Å². The van der Waals surface area contributed by atoms with Crippen molar-refractivity contribution < 1.29 is 13.2 Å². The van der Waals surface area contributed by atoms with Gasteiger partial charge in [0.25, 0.3) is 0 Å². The first-order valence-corrected chi connectivity index (χ1v) is 8.19. The van der Waals surface area contributed by atoms with Crippen molar-refractivity contribution in [1.29, 1.82) is 0 Å². The Morgan fingerprint density at radius 1 is 1.21 bits per heavy atom. The summed E-state index contributed by atoms with van der Waals surface area (Å²) in [5.74, 6) is 0.0765. The van der Waals surface area contributed by atoms with Gasteiger partial charge in [0.05, 0.1) is 5.02 Å². The fourth-order valence-electron chi connectivity index (χ4n) is 1.93. The third kappa shape index (κ3) is 2.83. The Morgan fingerprint density at radius 2 is 1.89 bits per heavy atom. The molecule has 0 heterocycles. The fourth-order valence-corrected chi connectivity index (χ4v) is 3.76. The van der Waals surface area contributed by atoms with E-state index in [0.29, 0.717) is 5.56 Å². The van der Waals surface area contributed by atoms with Crippen LogP contribution in [-0.2, 0) is 10.0 Å². The Balaban J connectivity index is 1.94. The Morgan fingerprint density at radius 3 is 2.47 bits per heavy atom. The average molecular weight is 300 g/mol. The summed E-state index contributed by atoms with van der Waals surface area (Å²) >= 11 is 5.95. The highest BCUT2D eigenvalue weighted by molar-refractivity contribution is 7.89. The highest BCUT2D eigenvalue weighted by Crippen LogP contribution is 2.34. The number of hydrogen-bond acceptors (Lipinski definition) is 3. The lowest BCUT2D eigenvalue weighted by Gasteiger charge is -2.09. The van der Waals surface area contributed by atoms with Crippen LogP contribution in [0.25, 0.3) is 0 Å². The Labute approximate surface area is 117 Å². The molecule has 0 aromatic heterocycles. The topological polar surface area (TPSA) is 63.2 Å². The van der Waals surface area contributed by atoms with E-state index in [1.807, 2.05) is 0 Å². The van der Waals surface area contributed by atoms with E-state index in [4.69, 9.17) is 11.6 Å². The number of hydrogen-bond donors (Lipinski definition) is 1. The summed E-state index contributed by atoms with van der Waals surface area (Å²) in [4.78, 5) is 12.0. The molecule has 19 heavy (non-hydrogen) atoms. The van der Waals surface area contributed by atoms with Crippen LogP contribution >= 0.6 is 11.6 Å². The van der Waals surface area contributed by atoms with E-state index in [-0.39, 0.29) is 27.7 Å². The molecule has 102 valence electrons. The summed E-state index contributed by atoms with van der Waals surface area (Å²) in [7, 11) is -3.62. The van der Waals surface area contributed by atoms with Crippen LogP contribution in [0.2, 0.25) is 5.02 Å². The standard InChI is InChI=1S/C13H14ClNO3S/c14-11-6-3-9(13(16)8-1-2-8)7-12(11)19(17,18)15-10-4-5-10/h3,6-8,10,15H,1-2,4-5H2. The second-order valence-electron chi connectivity index (χ2n) is 5.18. The molecule has 0 unspecified atom stereocenters. The minimum Gasteiger partial charge on any atom is -0.294 e. The number of sulfonamides is 1. The number of nitrogens with one attached hydrogen (secondary N) is 1. The number of carbonyl (C=O) groups excluding carboxylic acids is 1. The minimum absolute atomic E-state index is 0.00701. The predicted octanol–water partition coefficient (Wildman–Crippen LogP) is 2.37. The molecule has 2 fully saturated rings. The monoisotopic (exact) mass is 299 g/mol. The van der Waals surface area contributed by atoms with Crippen LogP contribution in [0.4, 0.5) is 0 Å². The Bertz CT molecular complexity index is 633. The van der Waals surface area contributed by atoms with E-state index in [0.717, 1.165) is 25.7 Å². The van der Waals surface area contributed by atoms with Crippen molar-refractivity contribution in [2.24, 2.45) is 5.92 Å². The molecular weight excluding hydrogens is 286 g/mol. The molecule has 4 nitrogen and oxygen atoms in total. The molecule has 0 amide bonds. The zero-order valence-corrected chi connectivity index (χ0v) is 11.8. The Kier molecular flexibility index (Phi) is 3.15. The third-order valence-corrected chi connectivity index (χ3v) is 5.35. The van der Waals surface area contributed by atoms with E-state index in [1.165, 1.54) is 12.1 Å². The second kappa shape index (κ2) is 4.58. The normalized spacial score (nSPS) is 19.4. The number of ketones is 1. The van der Waals surface area contributed by atoms with Gasteiger partial charge in [-0.25, -0.2) is 13.1 Å². The van der Waals surface area contributed by atoms with Crippen molar-refractivity contribution in [1.82, 2.24) is 4.72 Å². The predicted molar refractivity (Wildman–Crippen MR) is 71.9 cm³/mol. The van der Waals surface area contributed by atoms with Gasteiger partial charge in [0.15, 0.2) is 5.78 Å². The maximum Gasteiger partial charge on any atom is 0.242 e. The van der Waals surface area contributed by atoms with Crippen molar-refractivity contribution >= 4 is 27.4 Å². The van der Waals surface area contributed by atoms with Crippen molar-refractivity contribution in [3.8, 4) is 0 Å². The van der Waals surface area contributed by atoms with Gasteiger partial charge >= 0.3 is 0 Å². The molecule has 0 atom stereocenters. The minimum atomic E-state index is -3.62. The number of carbonyl (C=O) groups is 1.